The Morgan fingerprint density at radius 1 is 1.03 bits per heavy atom. The fourth-order valence-corrected chi connectivity index (χ4v) is 3.86. The van der Waals surface area contributed by atoms with Gasteiger partial charge in [0.2, 0.25) is 6.41 Å². The van der Waals surface area contributed by atoms with Crippen LogP contribution in [0.25, 0.3) is 0 Å². The van der Waals surface area contributed by atoms with Crippen molar-refractivity contribution in [2.75, 3.05) is 44.3 Å². The van der Waals surface area contributed by atoms with Gasteiger partial charge in [0.15, 0.2) is 0 Å². The van der Waals surface area contributed by atoms with Crippen LogP contribution in [0.2, 0.25) is 0 Å². The Bertz CT molecular complexity index is 978. The van der Waals surface area contributed by atoms with Crippen molar-refractivity contribution in [2.45, 2.75) is 38.3 Å². The molecule has 1 saturated heterocycles. The lowest BCUT2D eigenvalue weighted by Crippen LogP contribution is -2.49. The number of amides is 2. The maximum absolute atomic E-state index is 11.9. The molecule has 0 aromatic heterocycles. The summed E-state index contributed by atoms with van der Waals surface area (Å²) in [7, 11) is 0. The number of anilines is 1. The molecule has 2 fully saturated rings. The Morgan fingerprint density at radius 3 is 2.27 bits per heavy atom. The van der Waals surface area contributed by atoms with E-state index in [2.05, 4.69) is 21.9 Å². The van der Waals surface area contributed by atoms with Gasteiger partial charge in [0.05, 0.1) is 13.2 Å². The maximum Gasteiger partial charge on any atom is 0.409 e. The summed E-state index contributed by atoms with van der Waals surface area (Å²) < 4.78 is 5.16. The summed E-state index contributed by atoms with van der Waals surface area (Å²) >= 11 is 0. The third-order valence-corrected chi connectivity index (χ3v) is 6.07. The van der Waals surface area contributed by atoms with Crippen molar-refractivity contribution in [2.24, 2.45) is 0 Å². The Morgan fingerprint density at radius 2 is 1.68 bits per heavy atom. The molecule has 1 N–H and O–H groups in total. The summed E-state index contributed by atoms with van der Waals surface area (Å²) in [4.78, 5) is 42.5. The summed E-state index contributed by atoms with van der Waals surface area (Å²) in [5.74, 6) is 0.226. The zero-order valence-electron chi connectivity index (χ0n) is 20.8. The van der Waals surface area contributed by atoms with Gasteiger partial charge in [-0.05, 0) is 55.5 Å². The van der Waals surface area contributed by atoms with Crippen LogP contribution in [0.15, 0.2) is 54.6 Å². The number of phenolic OH excluding ortho intramolecular Hbond substituents is 1. The Hall–Kier alpha value is -4.02. The van der Waals surface area contributed by atoms with Crippen molar-refractivity contribution in [1.29, 1.82) is 0 Å². The lowest BCUT2D eigenvalue weighted by Gasteiger charge is -2.35. The molecule has 2 aliphatic rings. The van der Waals surface area contributed by atoms with Gasteiger partial charge in [0, 0.05) is 44.5 Å². The van der Waals surface area contributed by atoms with Gasteiger partial charge < -0.3 is 29.4 Å². The van der Waals surface area contributed by atoms with Gasteiger partial charge in [0.25, 0.3) is 5.09 Å². The molecule has 11 heteroatoms. The molecule has 2 aromatic rings. The minimum absolute atomic E-state index is 0.00978. The molecule has 11 nitrogen and oxygen atoms in total. The van der Waals surface area contributed by atoms with Crippen molar-refractivity contribution in [3.63, 3.8) is 0 Å². The average Bonchev–Trinajstić information content (AvgIpc) is 3.76. The molecular formula is C26H34N4O7. The van der Waals surface area contributed by atoms with E-state index in [0.29, 0.717) is 45.1 Å². The lowest BCUT2D eigenvalue weighted by molar-refractivity contribution is -0.757. The number of hydrogen-bond donors (Lipinski definition) is 1. The monoisotopic (exact) mass is 514 g/mol. The molecule has 37 heavy (non-hydrogen) atoms. The van der Waals surface area contributed by atoms with E-state index in [9.17, 15) is 24.8 Å². The lowest BCUT2D eigenvalue weighted by atomic mass is 10.2. The van der Waals surface area contributed by atoms with Crippen LogP contribution in [0.4, 0.5) is 10.5 Å². The fraction of sp³-hybridized carbons (Fsp3) is 0.462. The molecule has 0 radical (unpaired) electrons. The number of benzene rings is 2. The topological polar surface area (TPSA) is 126 Å². The number of carbonyl (C=O) groups excluding carboxylic acids is 2. The first-order chi connectivity index (χ1) is 18.0. The average molecular weight is 515 g/mol. The number of rotatable bonds is 11. The molecular weight excluding hydrogens is 480 g/mol. The first-order valence-corrected chi connectivity index (χ1v) is 12.4. The number of ether oxygens (including phenoxy) is 1. The third-order valence-electron chi connectivity index (χ3n) is 6.07. The van der Waals surface area contributed by atoms with Crippen LogP contribution in [0.1, 0.15) is 31.2 Å². The quantitative estimate of drug-likeness (QED) is 0.209. The van der Waals surface area contributed by atoms with E-state index < -0.39 is 5.09 Å². The van der Waals surface area contributed by atoms with Gasteiger partial charge in [-0.25, -0.2) is 4.79 Å². The van der Waals surface area contributed by atoms with Crippen LogP contribution in [-0.4, -0.2) is 77.9 Å². The number of hydrogen-bond acceptors (Lipinski definition) is 8. The number of phenols is 1. The molecule has 1 aliphatic carbocycles. The van der Waals surface area contributed by atoms with Crippen LogP contribution in [0.5, 0.6) is 5.75 Å². The number of unbranched alkanes of at least 4 members (excludes halogenated alkanes) is 1. The van der Waals surface area contributed by atoms with E-state index in [1.807, 2.05) is 35.2 Å². The summed E-state index contributed by atoms with van der Waals surface area (Å²) in [5, 5.41) is 18.4. The van der Waals surface area contributed by atoms with Crippen LogP contribution in [0, 0.1) is 10.1 Å². The predicted octanol–water partition coefficient (Wildman–Crippen LogP) is 3.45. The number of carbonyl (C=O) groups is 2. The number of piperazine rings is 1. The van der Waals surface area contributed by atoms with E-state index in [0.717, 1.165) is 18.6 Å². The highest BCUT2D eigenvalue weighted by Gasteiger charge is 2.27. The van der Waals surface area contributed by atoms with Crippen LogP contribution in [0.3, 0.4) is 0 Å². The van der Waals surface area contributed by atoms with Gasteiger partial charge in [0.1, 0.15) is 5.75 Å². The maximum atomic E-state index is 11.9. The molecule has 4 rings (SSSR count). The molecule has 1 saturated carbocycles. The molecule has 200 valence electrons. The molecule has 1 aliphatic heterocycles. The second-order valence-electron chi connectivity index (χ2n) is 8.86. The highest BCUT2D eigenvalue weighted by molar-refractivity contribution is 5.68. The predicted molar refractivity (Wildman–Crippen MR) is 136 cm³/mol. The standard InChI is InChI=1S/C15H21N3O6.C11H13NO/c19-14-5-3-13(4-6-14)16-7-9-17(10-8-16)15(20)23-11-1-2-12-24-18(21)22;13-9-12(11-6-7-11)8-10-4-2-1-3-5-10/h3-6,19H,1-2,7-12H2;1-5,9,11H,6-8H2. The van der Waals surface area contributed by atoms with Gasteiger partial charge in [-0.2, -0.15) is 0 Å². The summed E-state index contributed by atoms with van der Waals surface area (Å²) in [6.07, 6.45) is 3.92. The van der Waals surface area contributed by atoms with Gasteiger partial charge in [-0.1, -0.05) is 30.3 Å². The number of nitrogens with zero attached hydrogens (tertiary/aromatic N) is 4. The SMILES string of the molecule is O=C(OCCCCO[N+](=O)[O-])N1CCN(c2ccc(O)cc2)CC1.O=CN(Cc1ccccc1)C1CC1. The Balaban J connectivity index is 0.000000244. The highest BCUT2D eigenvalue weighted by atomic mass is 16.9. The van der Waals surface area contributed by atoms with E-state index >= 15 is 0 Å². The van der Waals surface area contributed by atoms with Crippen molar-refractivity contribution < 1.29 is 29.4 Å². The minimum Gasteiger partial charge on any atom is -0.508 e. The van der Waals surface area contributed by atoms with Gasteiger partial charge in [-0.3, -0.25) is 4.79 Å². The first kappa shape index (κ1) is 27.6. The normalized spacial score (nSPS) is 14.7. The van der Waals surface area contributed by atoms with E-state index in [1.165, 1.54) is 18.4 Å². The second-order valence-corrected chi connectivity index (χ2v) is 8.86. The first-order valence-electron chi connectivity index (χ1n) is 12.4. The summed E-state index contributed by atoms with van der Waals surface area (Å²) in [6.45, 7) is 3.49. The summed E-state index contributed by atoms with van der Waals surface area (Å²) in [6, 6.07) is 17.6. The number of aromatic hydroxyl groups is 1. The van der Waals surface area contributed by atoms with Gasteiger partial charge in [-0.15, -0.1) is 10.1 Å². The highest BCUT2D eigenvalue weighted by Crippen LogP contribution is 2.26. The van der Waals surface area contributed by atoms with Crippen molar-refractivity contribution >= 4 is 18.2 Å². The van der Waals surface area contributed by atoms with E-state index in [-0.39, 0.29) is 25.1 Å². The third kappa shape index (κ3) is 9.86. The van der Waals surface area contributed by atoms with Crippen molar-refractivity contribution in [3.05, 3.63) is 70.3 Å². The molecule has 0 unspecified atom stereocenters. The van der Waals surface area contributed by atoms with Crippen LogP contribution in [-0.2, 0) is 20.9 Å². The molecule has 2 amide bonds. The molecule has 0 atom stereocenters. The molecule has 1 heterocycles. The van der Waals surface area contributed by atoms with Crippen LogP contribution >= 0.6 is 0 Å². The zero-order chi connectivity index (χ0) is 26.5. The minimum atomic E-state index is -0.834. The van der Waals surface area contributed by atoms with E-state index in [1.54, 1.807) is 17.0 Å². The van der Waals surface area contributed by atoms with Crippen molar-refractivity contribution in [1.82, 2.24) is 9.80 Å². The van der Waals surface area contributed by atoms with E-state index in [4.69, 9.17) is 4.74 Å². The smallest absolute Gasteiger partial charge is 0.409 e. The fourth-order valence-electron chi connectivity index (χ4n) is 3.86. The Kier molecular flexibility index (Phi) is 10.8. The van der Waals surface area contributed by atoms with Gasteiger partial charge >= 0.3 is 6.09 Å². The largest absolute Gasteiger partial charge is 0.508 e. The van der Waals surface area contributed by atoms with Crippen LogP contribution < -0.4 is 4.90 Å². The molecule has 0 bridgehead atoms. The molecule has 0 spiro atoms. The summed E-state index contributed by atoms with van der Waals surface area (Å²) in [5.41, 5.74) is 2.22. The second kappa shape index (κ2) is 14.5. The zero-order valence-corrected chi connectivity index (χ0v) is 20.8. The molecule has 2 aromatic carbocycles. The Labute approximate surface area is 216 Å². The van der Waals surface area contributed by atoms with Crippen molar-refractivity contribution in [3.8, 4) is 5.75 Å².